The Bertz CT molecular complexity index is 519. The molecular formula is C13H13F2NO3. The average molecular weight is 269 g/mol. The summed E-state index contributed by atoms with van der Waals surface area (Å²) in [5.74, 6) is -4.56. The monoisotopic (exact) mass is 269 g/mol. The number of piperidine rings is 1. The van der Waals surface area contributed by atoms with E-state index in [0.29, 0.717) is 19.4 Å². The molecule has 0 unspecified atom stereocenters. The van der Waals surface area contributed by atoms with E-state index < -0.39 is 29.4 Å². The standard InChI is InChI=1S/C13H13F2NO3/c14-10-5-1-4-9(11(10)15)12(17)16-6-2-3-8(7-16)13(18)19/h1,4-5,8H,2-3,6-7H2,(H,18,19)/t8-/m1/s1. The van der Waals surface area contributed by atoms with Crippen LogP contribution in [-0.2, 0) is 4.79 Å². The SMILES string of the molecule is O=C(O)[C@@H]1CCCN(C(=O)c2cccc(F)c2F)C1. The van der Waals surface area contributed by atoms with E-state index in [4.69, 9.17) is 5.11 Å². The molecule has 0 aliphatic carbocycles. The molecule has 1 aliphatic heterocycles. The number of hydrogen-bond donors (Lipinski definition) is 1. The third kappa shape index (κ3) is 2.72. The summed E-state index contributed by atoms with van der Waals surface area (Å²) in [7, 11) is 0. The van der Waals surface area contributed by atoms with Gasteiger partial charge in [-0.15, -0.1) is 0 Å². The van der Waals surface area contributed by atoms with Crippen LogP contribution in [-0.4, -0.2) is 35.0 Å². The van der Waals surface area contributed by atoms with Crippen molar-refractivity contribution >= 4 is 11.9 Å². The van der Waals surface area contributed by atoms with Gasteiger partial charge >= 0.3 is 5.97 Å². The molecule has 1 fully saturated rings. The zero-order valence-electron chi connectivity index (χ0n) is 10.1. The molecule has 1 heterocycles. The van der Waals surface area contributed by atoms with E-state index in [1.807, 2.05) is 0 Å². The highest BCUT2D eigenvalue weighted by molar-refractivity contribution is 5.94. The lowest BCUT2D eigenvalue weighted by Gasteiger charge is -2.30. The molecule has 0 saturated carbocycles. The molecule has 1 atom stereocenters. The molecule has 0 spiro atoms. The fourth-order valence-electron chi connectivity index (χ4n) is 2.20. The topological polar surface area (TPSA) is 57.6 Å². The van der Waals surface area contributed by atoms with Gasteiger partial charge in [-0.1, -0.05) is 6.07 Å². The van der Waals surface area contributed by atoms with Crippen LogP contribution in [0.5, 0.6) is 0 Å². The second-order valence-corrected chi connectivity index (χ2v) is 4.53. The molecule has 1 aromatic carbocycles. The molecule has 1 saturated heterocycles. The summed E-state index contributed by atoms with van der Waals surface area (Å²) in [4.78, 5) is 24.2. The van der Waals surface area contributed by atoms with E-state index in [9.17, 15) is 18.4 Å². The summed E-state index contributed by atoms with van der Waals surface area (Å²) in [6.07, 6.45) is 1.03. The van der Waals surface area contributed by atoms with Crippen molar-refractivity contribution in [2.24, 2.45) is 5.92 Å². The van der Waals surface area contributed by atoms with Crippen molar-refractivity contribution in [3.05, 3.63) is 35.4 Å². The van der Waals surface area contributed by atoms with Crippen LogP contribution in [0, 0.1) is 17.6 Å². The number of hydrogen-bond acceptors (Lipinski definition) is 2. The van der Waals surface area contributed by atoms with Crippen LogP contribution in [0.3, 0.4) is 0 Å². The van der Waals surface area contributed by atoms with Crippen LogP contribution in [0.2, 0.25) is 0 Å². The van der Waals surface area contributed by atoms with Crippen LogP contribution in [0.4, 0.5) is 8.78 Å². The quantitative estimate of drug-likeness (QED) is 0.892. The van der Waals surface area contributed by atoms with Crippen LogP contribution in [0.15, 0.2) is 18.2 Å². The van der Waals surface area contributed by atoms with Crippen molar-refractivity contribution in [3.8, 4) is 0 Å². The number of amides is 1. The van der Waals surface area contributed by atoms with Gasteiger partial charge in [0, 0.05) is 13.1 Å². The number of benzene rings is 1. The van der Waals surface area contributed by atoms with Crippen molar-refractivity contribution in [2.45, 2.75) is 12.8 Å². The summed E-state index contributed by atoms with van der Waals surface area (Å²) >= 11 is 0. The minimum absolute atomic E-state index is 0.0319. The third-order valence-electron chi connectivity index (χ3n) is 3.24. The molecule has 1 aromatic rings. The van der Waals surface area contributed by atoms with Gasteiger partial charge in [-0.3, -0.25) is 9.59 Å². The van der Waals surface area contributed by atoms with Gasteiger partial charge in [-0.25, -0.2) is 8.78 Å². The third-order valence-corrected chi connectivity index (χ3v) is 3.24. The number of carbonyl (C=O) groups excluding carboxylic acids is 1. The Kier molecular flexibility index (Phi) is 3.78. The summed E-state index contributed by atoms with van der Waals surface area (Å²) in [5, 5.41) is 8.94. The minimum atomic E-state index is -1.19. The number of rotatable bonds is 2. The number of carbonyl (C=O) groups is 2. The van der Waals surface area contributed by atoms with Crippen molar-refractivity contribution in [2.75, 3.05) is 13.1 Å². The lowest BCUT2D eigenvalue weighted by Crippen LogP contribution is -2.42. The Balaban J connectivity index is 2.19. The van der Waals surface area contributed by atoms with Crippen molar-refractivity contribution in [3.63, 3.8) is 0 Å². The smallest absolute Gasteiger partial charge is 0.308 e. The normalized spacial score (nSPS) is 19.3. The summed E-state index contributed by atoms with van der Waals surface area (Å²) in [6, 6.07) is 3.39. The van der Waals surface area contributed by atoms with Gasteiger partial charge in [0.1, 0.15) is 0 Å². The largest absolute Gasteiger partial charge is 0.481 e. The zero-order valence-corrected chi connectivity index (χ0v) is 10.1. The van der Waals surface area contributed by atoms with E-state index in [2.05, 4.69) is 0 Å². The molecule has 1 aliphatic rings. The second-order valence-electron chi connectivity index (χ2n) is 4.53. The Hall–Kier alpha value is -1.98. The molecule has 1 amide bonds. The van der Waals surface area contributed by atoms with E-state index in [1.165, 1.54) is 17.0 Å². The number of nitrogens with zero attached hydrogens (tertiary/aromatic N) is 1. The Morgan fingerprint density at radius 1 is 1.32 bits per heavy atom. The maximum Gasteiger partial charge on any atom is 0.308 e. The highest BCUT2D eigenvalue weighted by atomic mass is 19.2. The van der Waals surface area contributed by atoms with E-state index in [-0.39, 0.29) is 12.1 Å². The van der Waals surface area contributed by atoms with Crippen molar-refractivity contribution < 1.29 is 23.5 Å². The predicted molar refractivity (Wildman–Crippen MR) is 62.6 cm³/mol. The Labute approximate surface area is 108 Å². The molecule has 19 heavy (non-hydrogen) atoms. The van der Waals surface area contributed by atoms with Gasteiger partial charge < -0.3 is 10.0 Å². The first kappa shape index (κ1) is 13.5. The van der Waals surface area contributed by atoms with Gasteiger partial charge in [0.15, 0.2) is 11.6 Å². The van der Waals surface area contributed by atoms with Gasteiger partial charge in [0.05, 0.1) is 11.5 Å². The first-order valence-electron chi connectivity index (χ1n) is 5.97. The number of carboxylic acid groups (broad SMARTS) is 1. The number of likely N-dealkylation sites (tertiary alicyclic amines) is 1. The molecule has 0 aromatic heterocycles. The Morgan fingerprint density at radius 3 is 2.74 bits per heavy atom. The fourth-order valence-corrected chi connectivity index (χ4v) is 2.20. The summed E-state index contributed by atoms with van der Waals surface area (Å²) in [6.45, 7) is 0.392. The molecule has 1 N–H and O–H groups in total. The molecule has 4 nitrogen and oxygen atoms in total. The van der Waals surface area contributed by atoms with Gasteiger partial charge in [0.25, 0.3) is 5.91 Å². The zero-order chi connectivity index (χ0) is 14.0. The molecule has 102 valence electrons. The maximum absolute atomic E-state index is 13.5. The van der Waals surface area contributed by atoms with Crippen LogP contribution >= 0.6 is 0 Å². The lowest BCUT2D eigenvalue weighted by molar-refractivity contribution is -0.143. The van der Waals surface area contributed by atoms with Gasteiger partial charge in [-0.05, 0) is 25.0 Å². The predicted octanol–water partition coefficient (Wildman–Crippen LogP) is 1.90. The number of halogens is 2. The number of aliphatic carboxylic acids is 1. The fraction of sp³-hybridized carbons (Fsp3) is 0.385. The van der Waals surface area contributed by atoms with E-state index in [1.54, 1.807) is 0 Å². The average Bonchev–Trinajstić information content (AvgIpc) is 2.41. The maximum atomic E-state index is 13.5. The van der Waals surface area contributed by atoms with Crippen molar-refractivity contribution in [1.82, 2.24) is 4.90 Å². The first-order valence-corrected chi connectivity index (χ1v) is 5.97. The molecule has 0 radical (unpaired) electrons. The molecule has 6 heteroatoms. The van der Waals surface area contributed by atoms with E-state index >= 15 is 0 Å². The van der Waals surface area contributed by atoms with Crippen LogP contribution in [0.1, 0.15) is 23.2 Å². The van der Waals surface area contributed by atoms with Crippen LogP contribution < -0.4 is 0 Å². The summed E-state index contributed by atoms with van der Waals surface area (Å²) < 4.78 is 26.6. The minimum Gasteiger partial charge on any atom is -0.481 e. The second kappa shape index (κ2) is 5.34. The van der Waals surface area contributed by atoms with E-state index in [0.717, 1.165) is 6.07 Å². The molecule has 2 rings (SSSR count). The highest BCUT2D eigenvalue weighted by Crippen LogP contribution is 2.20. The van der Waals surface area contributed by atoms with Crippen LogP contribution in [0.25, 0.3) is 0 Å². The summed E-state index contributed by atoms with van der Waals surface area (Å²) in [5.41, 5.74) is -0.356. The lowest BCUT2D eigenvalue weighted by atomic mass is 9.97. The molecule has 0 bridgehead atoms. The molecular weight excluding hydrogens is 256 g/mol. The first-order chi connectivity index (χ1) is 9.00. The Morgan fingerprint density at radius 2 is 2.05 bits per heavy atom. The van der Waals surface area contributed by atoms with Gasteiger partial charge in [-0.2, -0.15) is 0 Å². The van der Waals surface area contributed by atoms with Crippen molar-refractivity contribution in [1.29, 1.82) is 0 Å². The van der Waals surface area contributed by atoms with Gasteiger partial charge in [0.2, 0.25) is 0 Å². The number of carboxylic acids is 1. The highest BCUT2D eigenvalue weighted by Gasteiger charge is 2.30.